The van der Waals surface area contributed by atoms with E-state index in [4.69, 9.17) is 21.4 Å². The lowest BCUT2D eigenvalue weighted by Crippen LogP contribution is -1.92. The zero-order chi connectivity index (χ0) is 13.1. The van der Waals surface area contributed by atoms with Crippen LogP contribution in [0.25, 0.3) is 0 Å². The smallest absolute Gasteiger partial charge is 0.166 e. The summed E-state index contributed by atoms with van der Waals surface area (Å²) in [6.45, 7) is -0.213. The van der Waals surface area contributed by atoms with Crippen LogP contribution < -0.4 is 4.74 Å². The van der Waals surface area contributed by atoms with Crippen molar-refractivity contribution < 1.29 is 14.2 Å². The fraction of sp³-hybridized carbons (Fsp3) is 0.0769. The Bertz CT molecular complexity index is 575. The molecule has 0 atom stereocenters. The van der Waals surface area contributed by atoms with E-state index in [1.54, 1.807) is 24.3 Å². The van der Waals surface area contributed by atoms with Gasteiger partial charge in [0.15, 0.2) is 11.6 Å². The van der Waals surface area contributed by atoms with Crippen molar-refractivity contribution in [3.05, 3.63) is 57.3 Å². The van der Waals surface area contributed by atoms with Crippen molar-refractivity contribution in [1.82, 2.24) is 0 Å². The van der Waals surface area contributed by atoms with Crippen molar-refractivity contribution in [3.63, 3.8) is 0 Å². The van der Waals surface area contributed by atoms with Crippen molar-refractivity contribution >= 4 is 27.5 Å². The van der Waals surface area contributed by atoms with Gasteiger partial charge in [-0.2, -0.15) is 0 Å². The van der Waals surface area contributed by atoms with E-state index in [1.165, 1.54) is 12.1 Å². The summed E-state index contributed by atoms with van der Waals surface area (Å²) in [5, 5.41) is 9.28. The molecule has 0 amide bonds. The lowest BCUT2D eigenvalue weighted by Gasteiger charge is -2.09. The highest BCUT2D eigenvalue weighted by Gasteiger charge is 2.09. The molecule has 2 aromatic rings. The molecule has 0 saturated carbocycles. The standard InChI is InChI=1S/C13H9BrClFO2/c14-9-2-3-10(15)13(6-9)18-12-4-1-8(7-17)5-11(12)16/h1-6,17H,7H2. The quantitative estimate of drug-likeness (QED) is 0.895. The maximum Gasteiger partial charge on any atom is 0.166 e. The first-order valence-corrected chi connectivity index (χ1v) is 6.29. The number of ether oxygens (including phenoxy) is 1. The van der Waals surface area contributed by atoms with Gasteiger partial charge in [-0.3, -0.25) is 0 Å². The average Bonchev–Trinajstić information content (AvgIpc) is 2.36. The minimum Gasteiger partial charge on any atom is -0.453 e. The number of aliphatic hydroxyl groups is 1. The number of rotatable bonds is 3. The van der Waals surface area contributed by atoms with Crippen molar-refractivity contribution in [2.24, 2.45) is 0 Å². The van der Waals surface area contributed by atoms with Crippen LogP contribution in [0.15, 0.2) is 40.9 Å². The Balaban J connectivity index is 2.31. The molecule has 0 fully saturated rings. The van der Waals surface area contributed by atoms with Gasteiger partial charge in [0.25, 0.3) is 0 Å². The normalized spacial score (nSPS) is 10.4. The van der Waals surface area contributed by atoms with Gasteiger partial charge in [0.2, 0.25) is 0 Å². The predicted molar refractivity (Wildman–Crippen MR) is 71.5 cm³/mol. The average molecular weight is 332 g/mol. The monoisotopic (exact) mass is 330 g/mol. The summed E-state index contributed by atoms with van der Waals surface area (Å²) in [6, 6.07) is 9.34. The van der Waals surface area contributed by atoms with E-state index in [0.717, 1.165) is 4.47 Å². The molecule has 2 aromatic carbocycles. The van der Waals surface area contributed by atoms with Crippen molar-refractivity contribution in [1.29, 1.82) is 0 Å². The lowest BCUT2D eigenvalue weighted by molar-refractivity contribution is 0.281. The van der Waals surface area contributed by atoms with Crippen LogP contribution in [-0.4, -0.2) is 5.11 Å². The highest BCUT2D eigenvalue weighted by atomic mass is 79.9. The number of hydrogen-bond acceptors (Lipinski definition) is 2. The molecule has 1 N–H and O–H groups in total. The molecule has 94 valence electrons. The Kier molecular flexibility index (Phi) is 4.22. The van der Waals surface area contributed by atoms with Crippen LogP contribution >= 0.6 is 27.5 Å². The van der Waals surface area contributed by atoms with E-state index < -0.39 is 5.82 Å². The minimum absolute atomic E-state index is 0.0622. The third kappa shape index (κ3) is 3.02. The maximum absolute atomic E-state index is 13.7. The van der Waals surface area contributed by atoms with Crippen LogP contribution in [0.5, 0.6) is 11.5 Å². The second-order valence-electron chi connectivity index (χ2n) is 3.60. The molecule has 0 unspecified atom stereocenters. The van der Waals surface area contributed by atoms with Gasteiger partial charge in [0.05, 0.1) is 11.6 Å². The summed E-state index contributed by atoms with van der Waals surface area (Å²) in [4.78, 5) is 0. The molecule has 18 heavy (non-hydrogen) atoms. The highest BCUT2D eigenvalue weighted by molar-refractivity contribution is 9.10. The Morgan fingerprint density at radius 3 is 2.61 bits per heavy atom. The Labute approximate surface area is 117 Å². The van der Waals surface area contributed by atoms with Crippen LogP contribution in [0.2, 0.25) is 5.02 Å². The molecule has 0 spiro atoms. The molecule has 0 bridgehead atoms. The van der Waals surface area contributed by atoms with Crippen LogP contribution in [0.1, 0.15) is 5.56 Å². The molecule has 0 saturated heterocycles. The molecule has 0 radical (unpaired) electrons. The highest BCUT2D eigenvalue weighted by Crippen LogP contribution is 2.33. The predicted octanol–water partition coefficient (Wildman–Crippen LogP) is 4.53. The summed E-state index contributed by atoms with van der Waals surface area (Å²) in [5.74, 6) is -0.119. The van der Waals surface area contributed by atoms with E-state index in [-0.39, 0.29) is 12.4 Å². The van der Waals surface area contributed by atoms with Gasteiger partial charge in [0.1, 0.15) is 5.75 Å². The van der Waals surface area contributed by atoms with Crippen LogP contribution in [0, 0.1) is 5.82 Å². The number of hydrogen-bond donors (Lipinski definition) is 1. The molecular weight excluding hydrogens is 322 g/mol. The first-order chi connectivity index (χ1) is 8.60. The Morgan fingerprint density at radius 1 is 1.17 bits per heavy atom. The number of aliphatic hydroxyl groups excluding tert-OH is 1. The maximum atomic E-state index is 13.7. The van der Waals surface area contributed by atoms with Crippen molar-refractivity contribution in [3.8, 4) is 11.5 Å². The molecule has 0 aromatic heterocycles. The van der Waals surface area contributed by atoms with Gasteiger partial charge in [-0.15, -0.1) is 0 Å². The SMILES string of the molecule is OCc1ccc(Oc2cc(Br)ccc2Cl)c(F)c1. The third-order valence-electron chi connectivity index (χ3n) is 2.29. The van der Waals surface area contributed by atoms with Crippen LogP contribution in [-0.2, 0) is 6.61 Å². The minimum atomic E-state index is -0.544. The van der Waals surface area contributed by atoms with E-state index >= 15 is 0 Å². The van der Waals surface area contributed by atoms with Crippen molar-refractivity contribution in [2.75, 3.05) is 0 Å². The zero-order valence-corrected chi connectivity index (χ0v) is 11.5. The van der Waals surface area contributed by atoms with Gasteiger partial charge in [-0.1, -0.05) is 33.6 Å². The van der Waals surface area contributed by atoms with Gasteiger partial charge in [0, 0.05) is 4.47 Å². The summed E-state index contributed by atoms with van der Waals surface area (Å²) >= 11 is 9.23. The zero-order valence-electron chi connectivity index (χ0n) is 9.16. The second-order valence-corrected chi connectivity index (χ2v) is 4.92. The molecular formula is C13H9BrClFO2. The molecule has 0 aliphatic carbocycles. The number of benzene rings is 2. The third-order valence-corrected chi connectivity index (χ3v) is 3.10. The van der Waals surface area contributed by atoms with Crippen LogP contribution in [0.3, 0.4) is 0 Å². The Morgan fingerprint density at radius 2 is 1.94 bits per heavy atom. The van der Waals surface area contributed by atoms with Crippen molar-refractivity contribution in [2.45, 2.75) is 6.61 Å². The summed E-state index contributed by atoms with van der Waals surface area (Å²) in [7, 11) is 0. The fourth-order valence-corrected chi connectivity index (χ4v) is 1.90. The topological polar surface area (TPSA) is 29.5 Å². The first kappa shape index (κ1) is 13.3. The largest absolute Gasteiger partial charge is 0.453 e. The number of halogens is 3. The summed E-state index contributed by atoms with van der Waals surface area (Å²) in [6.07, 6.45) is 0. The first-order valence-electron chi connectivity index (χ1n) is 5.12. The van der Waals surface area contributed by atoms with Crippen LogP contribution in [0.4, 0.5) is 4.39 Å². The van der Waals surface area contributed by atoms with E-state index in [0.29, 0.717) is 16.3 Å². The molecule has 5 heteroatoms. The van der Waals surface area contributed by atoms with Gasteiger partial charge in [-0.05, 0) is 35.9 Å². The van der Waals surface area contributed by atoms with Gasteiger partial charge < -0.3 is 9.84 Å². The van der Waals surface area contributed by atoms with E-state index in [1.807, 2.05) is 0 Å². The summed E-state index contributed by atoms with van der Waals surface area (Å²) < 4.78 is 19.9. The molecule has 2 nitrogen and oxygen atoms in total. The fourth-order valence-electron chi connectivity index (χ4n) is 1.40. The van der Waals surface area contributed by atoms with Gasteiger partial charge >= 0.3 is 0 Å². The molecule has 0 aliphatic rings. The van der Waals surface area contributed by atoms with Gasteiger partial charge in [-0.25, -0.2) is 4.39 Å². The molecule has 0 aliphatic heterocycles. The molecule has 0 heterocycles. The lowest BCUT2D eigenvalue weighted by atomic mass is 10.2. The van der Waals surface area contributed by atoms with E-state index in [2.05, 4.69) is 15.9 Å². The Hall–Kier alpha value is -1.10. The van der Waals surface area contributed by atoms with E-state index in [9.17, 15) is 4.39 Å². The second kappa shape index (κ2) is 5.69. The summed E-state index contributed by atoms with van der Waals surface area (Å²) in [5.41, 5.74) is 0.486. The molecule has 2 rings (SSSR count).